The van der Waals surface area contributed by atoms with E-state index >= 15 is 0 Å². The molecular weight excluding hydrogens is 334 g/mol. The SMILES string of the molecule is COc1ccc(/C(=C/c2ccc(Cl)c([N+](=O)[O-])c2)C(=O)O)cc1C. The molecule has 6 nitrogen and oxygen atoms in total. The fourth-order valence-corrected chi connectivity index (χ4v) is 2.43. The van der Waals surface area contributed by atoms with Gasteiger partial charge in [0.1, 0.15) is 10.8 Å². The Morgan fingerprint density at radius 1 is 1.29 bits per heavy atom. The molecule has 2 aromatic carbocycles. The summed E-state index contributed by atoms with van der Waals surface area (Å²) < 4.78 is 5.16. The standard InChI is InChI=1S/C17H14ClNO5/c1-10-7-12(4-6-16(10)24-2)13(17(20)21)8-11-3-5-14(18)15(9-11)19(22)23/h3-9H,1-2H3,(H,20,21)/b13-8-. The second kappa shape index (κ2) is 7.14. The van der Waals surface area contributed by atoms with Gasteiger partial charge in [0.25, 0.3) is 5.69 Å². The van der Waals surface area contributed by atoms with E-state index in [1.54, 1.807) is 25.1 Å². The number of benzene rings is 2. The number of carbonyl (C=O) groups is 1. The summed E-state index contributed by atoms with van der Waals surface area (Å²) in [6.45, 7) is 1.80. The molecule has 0 bridgehead atoms. The molecule has 0 unspecified atom stereocenters. The van der Waals surface area contributed by atoms with Gasteiger partial charge in [-0.3, -0.25) is 10.1 Å². The third-order valence-electron chi connectivity index (χ3n) is 3.41. The molecule has 0 aliphatic rings. The van der Waals surface area contributed by atoms with Gasteiger partial charge >= 0.3 is 5.97 Å². The second-order valence-corrected chi connectivity index (χ2v) is 5.42. The van der Waals surface area contributed by atoms with E-state index < -0.39 is 10.9 Å². The van der Waals surface area contributed by atoms with Crippen LogP contribution in [0.3, 0.4) is 0 Å². The van der Waals surface area contributed by atoms with Gasteiger partial charge in [-0.2, -0.15) is 0 Å². The number of aliphatic carboxylic acids is 1. The summed E-state index contributed by atoms with van der Waals surface area (Å²) in [5.74, 6) is -0.497. The minimum atomic E-state index is -1.14. The first-order valence-electron chi connectivity index (χ1n) is 6.87. The first kappa shape index (κ1) is 17.5. The molecule has 124 valence electrons. The number of nitrogens with zero attached hydrogens (tertiary/aromatic N) is 1. The summed E-state index contributed by atoms with van der Waals surface area (Å²) in [7, 11) is 1.53. The predicted molar refractivity (Wildman–Crippen MR) is 91.3 cm³/mol. The van der Waals surface area contributed by atoms with Gasteiger partial charge in [0.2, 0.25) is 0 Å². The molecule has 0 saturated carbocycles. The number of halogens is 1. The van der Waals surface area contributed by atoms with E-state index in [0.717, 1.165) is 5.56 Å². The Labute approximate surface area is 143 Å². The van der Waals surface area contributed by atoms with Crippen LogP contribution in [0.15, 0.2) is 36.4 Å². The third kappa shape index (κ3) is 3.72. The molecule has 0 amide bonds. The second-order valence-electron chi connectivity index (χ2n) is 5.02. The van der Waals surface area contributed by atoms with E-state index in [1.165, 1.54) is 31.4 Å². The Morgan fingerprint density at radius 2 is 2.00 bits per heavy atom. The van der Waals surface area contributed by atoms with Gasteiger partial charge < -0.3 is 9.84 Å². The summed E-state index contributed by atoms with van der Waals surface area (Å²) >= 11 is 5.77. The summed E-state index contributed by atoms with van der Waals surface area (Å²) in [4.78, 5) is 21.9. The fraction of sp³-hybridized carbons (Fsp3) is 0.118. The van der Waals surface area contributed by atoms with Gasteiger partial charge in [-0.25, -0.2) is 4.79 Å². The van der Waals surface area contributed by atoms with Gasteiger partial charge in [0.15, 0.2) is 0 Å². The number of methoxy groups -OCH3 is 1. The van der Waals surface area contributed by atoms with Crippen LogP contribution in [0.2, 0.25) is 5.02 Å². The van der Waals surface area contributed by atoms with E-state index in [0.29, 0.717) is 16.9 Å². The number of nitro benzene ring substituents is 1. The van der Waals surface area contributed by atoms with Crippen molar-refractivity contribution >= 4 is 34.9 Å². The lowest BCUT2D eigenvalue weighted by Gasteiger charge is -2.08. The van der Waals surface area contributed by atoms with Gasteiger partial charge in [-0.15, -0.1) is 0 Å². The minimum absolute atomic E-state index is 0.00526. The lowest BCUT2D eigenvalue weighted by Crippen LogP contribution is -2.01. The molecule has 0 spiro atoms. The van der Waals surface area contributed by atoms with E-state index in [1.807, 2.05) is 0 Å². The third-order valence-corrected chi connectivity index (χ3v) is 3.73. The summed E-state index contributed by atoms with van der Waals surface area (Å²) in [5, 5.41) is 20.4. The molecule has 0 aliphatic heterocycles. The van der Waals surface area contributed by atoms with Crippen LogP contribution in [0, 0.1) is 17.0 Å². The van der Waals surface area contributed by atoms with Crippen LogP contribution in [0.5, 0.6) is 5.75 Å². The first-order valence-corrected chi connectivity index (χ1v) is 7.25. The van der Waals surface area contributed by atoms with Crippen molar-refractivity contribution in [2.24, 2.45) is 0 Å². The number of hydrogen-bond acceptors (Lipinski definition) is 4. The van der Waals surface area contributed by atoms with Crippen molar-refractivity contribution in [3.05, 3.63) is 68.2 Å². The molecule has 0 fully saturated rings. The van der Waals surface area contributed by atoms with Crippen LogP contribution in [0.25, 0.3) is 11.6 Å². The van der Waals surface area contributed by atoms with Crippen LogP contribution in [0.1, 0.15) is 16.7 Å². The van der Waals surface area contributed by atoms with Crippen LogP contribution >= 0.6 is 11.6 Å². The Balaban J connectivity index is 2.54. The number of ether oxygens (including phenoxy) is 1. The van der Waals surface area contributed by atoms with Crippen molar-refractivity contribution in [3.63, 3.8) is 0 Å². The molecule has 7 heteroatoms. The van der Waals surface area contributed by atoms with Crippen molar-refractivity contribution in [1.82, 2.24) is 0 Å². The van der Waals surface area contributed by atoms with E-state index in [2.05, 4.69) is 0 Å². The molecule has 0 heterocycles. The van der Waals surface area contributed by atoms with Gasteiger partial charge in [0.05, 0.1) is 17.6 Å². The van der Waals surface area contributed by atoms with E-state index in [9.17, 15) is 20.0 Å². The van der Waals surface area contributed by atoms with Gasteiger partial charge in [0, 0.05) is 6.07 Å². The van der Waals surface area contributed by atoms with Crippen LogP contribution in [0.4, 0.5) is 5.69 Å². The Hall–Kier alpha value is -2.86. The molecule has 0 aliphatic carbocycles. The molecule has 0 atom stereocenters. The lowest BCUT2D eigenvalue weighted by atomic mass is 10.0. The van der Waals surface area contributed by atoms with Crippen LogP contribution in [-0.4, -0.2) is 23.1 Å². The number of hydrogen-bond donors (Lipinski definition) is 1. The molecule has 24 heavy (non-hydrogen) atoms. The van der Waals surface area contributed by atoms with Crippen molar-refractivity contribution in [3.8, 4) is 5.75 Å². The Morgan fingerprint density at radius 3 is 2.54 bits per heavy atom. The summed E-state index contributed by atoms with van der Waals surface area (Å²) in [6, 6.07) is 9.10. The predicted octanol–water partition coefficient (Wildman–Crippen LogP) is 4.19. The van der Waals surface area contributed by atoms with Gasteiger partial charge in [-0.1, -0.05) is 23.7 Å². The highest BCUT2D eigenvalue weighted by Gasteiger charge is 2.15. The topological polar surface area (TPSA) is 89.7 Å². The van der Waals surface area contributed by atoms with Crippen LogP contribution in [-0.2, 0) is 4.79 Å². The van der Waals surface area contributed by atoms with Crippen molar-refractivity contribution in [2.45, 2.75) is 6.92 Å². The van der Waals surface area contributed by atoms with E-state index in [4.69, 9.17) is 16.3 Å². The number of carboxylic acid groups (broad SMARTS) is 1. The highest BCUT2D eigenvalue weighted by molar-refractivity contribution is 6.32. The molecule has 0 saturated heterocycles. The van der Waals surface area contributed by atoms with Crippen molar-refractivity contribution in [2.75, 3.05) is 7.11 Å². The molecule has 0 radical (unpaired) electrons. The smallest absolute Gasteiger partial charge is 0.336 e. The monoisotopic (exact) mass is 347 g/mol. The summed E-state index contributed by atoms with van der Waals surface area (Å²) in [6.07, 6.45) is 1.37. The lowest BCUT2D eigenvalue weighted by molar-refractivity contribution is -0.384. The summed E-state index contributed by atoms with van der Waals surface area (Å²) in [5.41, 5.74) is 1.36. The molecule has 1 N–H and O–H groups in total. The van der Waals surface area contributed by atoms with Crippen LogP contribution < -0.4 is 4.74 Å². The van der Waals surface area contributed by atoms with Gasteiger partial charge in [-0.05, 0) is 47.9 Å². The fourth-order valence-electron chi connectivity index (χ4n) is 2.24. The number of carboxylic acids is 1. The Bertz CT molecular complexity index is 845. The molecular formula is C17H14ClNO5. The molecule has 0 aromatic heterocycles. The Kier molecular flexibility index (Phi) is 5.21. The highest BCUT2D eigenvalue weighted by atomic mass is 35.5. The number of aryl methyl sites for hydroxylation is 1. The molecule has 2 aromatic rings. The average Bonchev–Trinajstić information content (AvgIpc) is 2.53. The largest absolute Gasteiger partial charge is 0.496 e. The van der Waals surface area contributed by atoms with Crippen molar-refractivity contribution in [1.29, 1.82) is 0 Å². The zero-order chi connectivity index (χ0) is 17.9. The minimum Gasteiger partial charge on any atom is -0.496 e. The average molecular weight is 348 g/mol. The zero-order valence-electron chi connectivity index (χ0n) is 12.9. The maximum atomic E-state index is 11.6. The highest BCUT2D eigenvalue weighted by Crippen LogP contribution is 2.29. The first-order chi connectivity index (χ1) is 11.3. The van der Waals surface area contributed by atoms with E-state index in [-0.39, 0.29) is 16.3 Å². The molecule has 2 rings (SSSR count). The normalized spacial score (nSPS) is 11.2. The van der Waals surface area contributed by atoms with Crippen molar-refractivity contribution < 1.29 is 19.6 Å². The number of nitro groups is 1. The zero-order valence-corrected chi connectivity index (χ0v) is 13.7. The quantitative estimate of drug-likeness (QED) is 0.379. The number of rotatable bonds is 5. The maximum absolute atomic E-state index is 11.6. The maximum Gasteiger partial charge on any atom is 0.336 e.